The number of nitrogens with two attached hydrogens (primary N) is 2. The summed E-state index contributed by atoms with van der Waals surface area (Å²) in [5, 5.41) is 0. The van der Waals surface area contributed by atoms with Gasteiger partial charge in [-0.05, 0) is 12.1 Å². The number of H-pyrrole nitrogens is 1. The van der Waals surface area contributed by atoms with Crippen LogP contribution in [0.25, 0.3) is 22.4 Å². The smallest absolute Gasteiger partial charge is 0.280 e. The van der Waals surface area contributed by atoms with Crippen LogP contribution >= 0.6 is 0 Å². The molecule has 0 spiro atoms. The van der Waals surface area contributed by atoms with Crippen LogP contribution in [0.2, 0.25) is 0 Å². The molecule has 0 unspecified atom stereocenters. The van der Waals surface area contributed by atoms with Crippen LogP contribution in [-0.4, -0.2) is 19.9 Å². The van der Waals surface area contributed by atoms with E-state index in [-0.39, 0.29) is 17.1 Å². The van der Waals surface area contributed by atoms with E-state index in [1.54, 1.807) is 18.3 Å². The largest absolute Gasteiger partial charge is 0.399 e. The fourth-order valence-corrected chi connectivity index (χ4v) is 1.73. The number of nitrogens with zero attached hydrogens (tertiary/aromatic N) is 3. The van der Waals surface area contributed by atoms with Gasteiger partial charge < -0.3 is 11.5 Å². The van der Waals surface area contributed by atoms with Crippen molar-refractivity contribution in [1.29, 1.82) is 0 Å². The molecule has 0 radical (unpaired) electrons. The number of rotatable bonds is 1. The summed E-state index contributed by atoms with van der Waals surface area (Å²) in [6.45, 7) is 0. The number of benzene rings is 1. The van der Waals surface area contributed by atoms with Crippen molar-refractivity contribution in [2.45, 2.75) is 0 Å². The van der Waals surface area contributed by atoms with Crippen LogP contribution in [0.4, 0.5) is 11.6 Å². The summed E-state index contributed by atoms with van der Waals surface area (Å²) in [6.07, 6.45) is 1.54. The molecule has 0 atom stereocenters. The Bertz CT molecular complexity index is 809. The quantitative estimate of drug-likeness (QED) is 0.544. The number of aromatic nitrogens is 4. The highest BCUT2D eigenvalue weighted by molar-refractivity contribution is 5.73. The van der Waals surface area contributed by atoms with Crippen LogP contribution in [-0.2, 0) is 0 Å². The van der Waals surface area contributed by atoms with Crippen LogP contribution in [0.1, 0.15) is 0 Å². The van der Waals surface area contributed by atoms with Gasteiger partial charge in [0.2, 0.25) is 5.95 Å². The van der Waals surface area contributed by atoms with Crippen molar-refractivity contribution in [1.82, 2.24) is 19.9 Å². The Balaban J connectivity index is 2.21. The van der Waals surface area contributed by atoms with E-state index < -0.39 is 5.56 Å². The van der Waals surface area contributed by atoms with Crippen molar-refractivity contribution in [3.05, 3.63) is 40.8 Å². The SMILES string of the molecule is Nc1ccc(-c2cnc3nc(N)[nH]c(=O)c3n2)cc1. The third-order valence-electron chi connectivity index (χ3n) is 2.64. The zero-order valence-electron chi connectivity index (χ0n) is 9.79. The van der Waals surface area contributed by atoms with E-state index in [0.717, 1.165) is 5.56 Å². The highest BCUT2D eigenvalue weighted by Crippen LogP contribution is 2.18. The first-order chi connectivity index (χ1) is 9.13. The topological polar surface area (TPSA) is 124 Å². The minimum atomic E-state index is -0.410. The number of hydrogen-bond acceptors (Lipinski definition) is 6. The summed E-state index contributed by atoms with van der Waals surface area (Å²) in [4.78, 5) is 26.4. The van der Waals surface area contributed by atoms with Crippen LogP contribution in [0.3, 0.4) is 0 Å². The van der Waals surface area contributed by atoms with E-state index >= 15 is 0 Å². The summed E-state index contributed by atoms with van der Waals surface area (Å²) in [5.41, 5.74) is 13.1. The Morgan fingerprint density at radius 2 is 1.79 bits per heavy atom. The number of aromatic amines is 1. The zero-order valence-corrected chi connectivity index (χ0v) is 9.79. The van der Waals surface area contributed by atoms with Gasteiger partial charge in [-0.2, -0.15) is 4.98 Å². The van der Waals surface area contributed by atoms with Crippen molar-refractivity contribution in [3.8, 4) is 11.3 Å². The molecule has 3 aromatic rings. The van der Waals surface area contributed by atoms with Crippen molar-refractivity contribution in [3.63, 3.8) is 0 Å². The molecule has 0 aliphatic rings. The van der Waals surface area contributed by atoms with Gasteiger partial charge in [-0.1, -0.05) is 12.1 Å². The predicted octanol–water partition coefficient (Wildman–Crippen LogP) is 0.544. The highest BCUT2D eigenvalue weighted by Gasteiger charge is 2.07. The molecule has 0 fully saturated rings. The first-order valence-corrected chi connectivity index (χ1v) is 5.52. The number of fused-ring (bicyclic) bond motifs is 1. The van der Waals surface area contributed by atoms with Crippen LogP contribution in [0.5, 0.6) is 0 Å². The third-order valence-corrected chi connectivity index (χ3v) is 2.64. The Morgan fingerprint density at radius 3 is 2.53 bits per heavy atom. The van der Waals surface area contributed by atoms with Gasteiger partial charge in [0.05, 0.1) is 11.9 Å². The molecule has 19 heavy (non-hydrogen) atoms. The van der Waals surface area contributed by atoms with Gasteiger partial charge in [0.15, 0.2) is 11.2 Å². The molecule has 0 aliphatic carbocycles. The maximum Gasteiger partial charge on any atom is 0.280 e. The molecule has 0 saturated heterocycles. The van der Waals surface area contributed by atoms with Crippen molar-refractivity contribution in [2.24, 2.45) is 0 Å². The van der Waals surface area contributed by atoms with Gasteiger partial charge >= 0.3 is 0 Å². The minimum absolute atomic E-state index is 0.0204. The Labute approximate surface area is 107 Å². The monoisotopic (exact) mass is 254 g/mol. The standard InChI is InChI=1S/C12H10N6O/c13-7-3-1-6(2-4-7)8-5-15-10-9(16-8)11(19)18-12(14)17-10/h1-5H,13H2,(H3,14,15,17,18,19). The lowest BCUT2D eigenvalue weighted by Crippen LogP contribution is -2.13. The van der Waals surface area contributed by atoms with Crippen LogP contribution in [0.15, 0.2) is 35.3 Å². The Morgan fingerprint density at radius 1 is 1.05 bits per heavy atom. The first kappa shape index (κ1) is 11.1. The summed E-state index contributed by atoms with van der Waals surface area (Å²) in [5.74, 6) is 0.0204. The molecule has 2 heterocycles. The number of hydrogen-bond donors (Lipinski definition) is 3. The number of nitrogen functional groups attached to an aromatic ring is 2. The van der Waals surface area contributed by atoms with Crippen molar-refractivity contribution >= 4 is 22.8 Å². The van der Waals surface area contributed by atoms with Crippen LogP contribution in [0, 0.1) is 0 Å². The van der Waals surface area contributed by atoms with Crippen molar-refractivity contribution in [2.75, 3.05) is 11.5 Å². The maximum atomic E-state index is 11.7. The molecule has 3 rings (SSSR count). The van der Waals surface area contributed by atoms with Crippen LogP contribution < -0.4 is 17.0 Å². The number of anilines is 2. The number of nitrogens with one attached hydrogen (secondary N) is 1. The molecule has 2 aromatic heterocycles. The molecular formula is C12H10N6O. The fraction of sp³-hybridized carbons (Fsp3) is 0. The second-order valence-corrected chi connectivity index (χ2v) is 4.00. The van der Waals surface area contributed by atoms with E-state index in [9.17, 15) is 4.79 Å². The molecule has 94 valence electrons. The summed E-state index contributed by atoms with van der Waals surface area (Å²) in [7, 11) is 0. The summed E-state index contributed by atoms with van der Waals surface area (Å²) >= 11 is 0. The summed E-state index contributed by atoms with van der Waals surface area (Å²) in [6, 6.07) is 7.13. The van der Waals surface area contributed by atoms with Gasteiger partial charge in [-0.3, -0.25) is 9.78 Å². The fourth-order valence-electron chi connectivity index (χ4n) is 1.73. The second kappa shape index (κ2) is 4.05. The zero-order chi connectivity index (χ0) is 13.4. The highest BCUT2D eigenvalue weighted by atomic mass is 16.1. The molecule has 0 saturated carbocycles. The van der Waals surface area contributed by atoms with E-state index in [1.807, 2.05) is 12.1 Å². The second-order valence-electron chi connectivity index (χ2n) is 4.00. The third kappa shape index (κ3) is 1.97. The van der Waals surface area contributed by atoms with Gasteiger partial charge in [-0.15, -0.1) is 0 Å². The van der Waals surface area contributed by atoms with Gasteiger partial charge in [0.25, 0.3) is 5.56 Å². The van der Waals surface area contributed by atoms with E-state index in [1.165, 1.54) is 0 Å². The molecule has 0 amide bonds. The normalized spacial score (nSPS) is 10.7. The predicted molar refractivity (Wildman–Crippen MR) is 72.2 cm³/mol. The molecule has 7 heteroatoms. The lowest BCUT2D eigenvalue weighted by Gasteiger charge is -2.02. The molecule has 0 bridgehead atoms. The molecular weight excluding hydrogens is 244 g/mol. The van der Waals surface area contributed by atoms with Crippen molar-refractivity contribution < 1.29 is 0 Å². The average molecular weight is 254 g/mol. The molecule has 5 N–H and O–H groups in total. The molecule has 0 aliphatic heterocycles. The lowest BCUT2D eigenvalue weighted by molar-refractivity contribution is 1.13. The van der Waals surface area contributed by atoms with E-state index in [4.69, 9.17) is 11.5 Å². The van der Waals surface area contributed by atoms with Gasteiger partial charge in [0, 0.05) is 11.3 Å². The Kier molecular flexibility index (Phi) is 2.38. The average Bonchev–Trinajstić information content (AvgIpc) is 2.39. The van der Waals surface area contributed by atoms with E-state index in [2.05, 4.69) is 19.9 Å². The van der Waals surface area contributed by atoms with Gasteiger partial charge in [0.1, 0.15) is 0 Å². The van der Waals surface area contributed by atoms with Gasteiger partial charge in [-0.25, -0.2) is 9.97 Å². The maximum absolute atomic E-state index is 11.7. The van der Waals surface area contributed by atoms with E-state index in [0.29, 0.717) is 11.4 Å². The first-order valence-electron chi connectivity index (χ1n) is 5.52. The minimum Gasteiger partial charge on any atom is -0.399 e. The molecule has 7 nitrogen and oxygen atoms in total. The summed E-state index contributed by atoms with van der Waals surface area (Å²) < 4.78 is 0. The lowest BCUT2D eigenvalue weighted by atomic mass is 10.1. The Hall–Kier alpha value is -2.96. The molecule has 1 aromatic carbocycles.